The van der Waals surface area contributed by atoms with Gasteiger partial charge in [-0.25, -0.2) is 0 Å². The van der Waals surface area contributed by atoms with Gasteiger partial charge in [-0.3, -0.25) is 0 Å². The Kier molecular flexibility index (Phi) is 5.08. The van der Waals surface area contributed by atoms with E-state index in [1.807, 2.05) is 6.07 Å². The first-order valence-corrected chi connectivity index (χ1v) is 6.76. The number of ether oxygens (including phenoxy) is 1. The number of rotatable bonds is 7. The van der Waals surface area contributed by atoms with Crippen molar-refractivity contribution in [1.29, 1.82) is 0 Å². The first-order chi connectivity index (χ1) is 8.38. The topological polar surface area (TPSA) is 34.4 Å². The molecule has 1 N–H and O–H groups in total. The lowest BCUT2D eigenvalue weighted by atomic mass is 10.0. The number of likely N-dealkylation sites (N-methyl/N-ethyl adjacent to an activating group) is 1. The summed E-state index contributed by atoms with van der Waals surface area (Å²) >= 11 is 0. The van der Waals surface area contributed by atoms with Gasteiger partial charge in [0.25, 0.3) is 0 Å². The molecule has 3 heteroatoms. The van der Waals surface area contributed by atoms with Crippen molar-refractivity contribution in [2.75, 3.05) is 13.2 Å². The van der Waals surface area contributed by atoms with Crippen molar-refractivity contribution in [2.45, 2.75) is 51.2 Å². The van der Waals surface area contributed by atoms with Crippen LogP contribution in [0.2, 0.25) is 0 Å². The van der Waals surface area contributed by atoms with E-state index in [1.165, 1.54) is 25.7 Å². The van der Waals surface area contributed by atoms with Crippen molar-refractivity contribution in [3.63, 3.8) is 0 Å². The smallest absolute Gasteiger partial charge is 0.105 e. The summed E-state index contributed by atoms with van der Waals surface area (Å²) in [5, 5.41) is 3.53. The predicted molar refractivity (Wildman–Crippen MR) is 68.1 cm³/mol. The van der Waals surface area contributed by atoms with Crippen molar-refractivity contribution in [3.8, 4) is 0 Å². The highest BCUT2D eigenvalue weighted by Crippen LogP contribution is 2.19. The Morgan fingerprint density at radius 1 is 1.53 bits per heavy atom. The van der Waals surface area contributed by atoms with Crippen LogP contribution in [0.25, 0.3) is 0 Å². The highest BCUT2D eigenvalue weighted by molar-refractivity contribution is 5.00. The molecule has 17 heavy (non-hydrogen) atoms. The fourth-order valence-corrected chi connectivity index (χ4v) is 2.50. The van der Waals surface area contributed by atoms with E-state index >= 15 is 0 Å². The molecule has 0 spiro atoms. The number of furan rings is 1. The van der Waals surface area contributed by atoms with Gasteiger partial charge in [0.1, 0.15) is 5.76 Å². The van der Waals surface area contributed by atoms with Gasteiger partial charge in [-0.1, -0.05) is 6.92 Å². The molecule has 2 rings (SSSR count). The third-order valence-electron chi connectivity index (χ3n) is 3.38. The molecule has 3 nitrogen and oxygen atoms in total. The van der Waals surface area contributed by atoms with Crippen LogP contribution in [0.3, 0.4) is 0 Å². The summed E-state index contributed by atoms with van der Waals surface area (Å²) in [6.07, 6.45) is 8.02. The molecule has 2 heterocycles. The minimum atomic E-state index is 0.493. The SMILES string of the molecule is CCNC(CCC1CCCO1)Cc1ccco1. The summed E-state index contributed by atoms with van der Waals surface area (Å²) in [5.74, 6) is 1.07. The van der Waals surface area contributed by atoms with Gasteiger partial charge in [0.05, 0.1) is 12.4 Å². The molecule has 0 aliphatic carbocycles. The molecule has 2 unspecified atom stereocenters. The Labute approximate surface area is 104 Å². The average molecular weight is 237 g/mol. The van der Waals surface area contributed by atoms with Crippen LogP contribution in [0, 0.1) is 0 Å². The molecule has 1 aromatic rings. The molecular weight excluding hydrogens is 214 g/mol. The van der Waals surface area contributed by atoms with E-state index in [0.29, 0.717) is 12.1 Å². The minimum absolute atomic E-state index is 0.493. The molecule has 1 aliphatic heterocycles. The van der Waals surface area contributed by atoms with E-state index < -0.39 is 0 Å². The van der Waals surface area contributed by atoms with Gasteiger partial charge in [0.2, 0.25) is 0 Å². The maximum atomic E-state index is 5.67. The van der Waals surface area contributed by atoms with Gasteiger partial charge in [0.15, 0.2) is 0 Å². The van der Waals surface area contributed by atoms with Gasteiger partial charge in [-0.05, 0) is 44.4 Å². The average Bonchev–Trinajstić information content (AvgIpc) is 2.99. The second kappa shape index (κ2) is 6.82. The monoisotopic (exact) mass is 237 g/mol. The Balaban J connectivity index is 1.75. The summed E-state index contributed by atoms with van der Waals surface area (Å²) in [6.45, 7) is 4.12. The van der Waals surface area contributed by atoms with Gasteiger partial charge >= 0.3 is 0 Å². The van der Waals surface area contributed by atoms with Crippen molar-refractivity contribution in [2.24, 2.45) is 0 Å². The fraction of sp³-hybridized carbons (Fsp3) is 0.714. The van der Waals surface area contributed by atoms with Gasteiger partial charge in [-0.15, -0.1) is 0 Å². The largest absolute Gasteiger partial charge is 0.469 e. The van der Waals surface area contributed by atoms with Crippen LogP contribution < -0.4 is 5.32 Å². The van der Waals surface area contributed by atoms with E-state index in [2.05, 4.69) is 18.3 Å². The molecule has 0 amide bonds. The number of nitrogens with one attached hydrogen (secondary N) is 1. The van der Waals surface area contributed by atoms with E-state index in [9.17, 15) is 0 Å². The van der Waals surface area contributed by atoms with Gasteiger partial charge < -0.3 is 14.5 Å². The minimum Gasteiger partial charge on any atom is -0.469 e. The molecule has 0 bridgehead atoms. The number of hydrogen-bond donors (Lipinski definition) is 1. The summed E-state index contributed by atoms with van der Waals surface area (Å²) in [7, 11) is 0. The van der Waals surface area contributed by atoms with Crippen molar-refractivity contribution in [3.05, 3.63) is 24.2 Å². The Hall–Kier alpha value is -0.800. The molecule has 1 fully saturated rings. The Bertz CT molecular complexity index is 291. The van der Waals surface area contributed by atoms with Crippen molar-refractivity contribution < 1.29 is 9.15 Å². The highest BCUT2D eigenvalue weighted by Gasteiger charge is 2.18. The summed E-state index contributed by atoms with van der Waals surface area (Å²) in [4.78, 5) is 0. The van der Waals surface area contributed by atoms with Crippen molar-refractivity contribution >= 4 is 0 Å². The van der Waals surface area contributed by atoms with Crippen LogP contribution >= 0.6 is 0 Å². The molecule has 0 aromatic carbocycles. The molecule has 0 radical (unpaired) electrons. The van der Waals surface area contributed by atoms with Crippen LogP contribution in [-0.2, 0) is 11.2 Å². The molecule has 1 aliphatic rings. The quantitative estimate of drug-likeness (QED) is 0.792. The number of hydrogen-bond acceptors (Lipinski definition) is 3. The Morgan fingerprint density at radius 3 is 3.12 bits per heavy atom. The fourth-order valence-electron chi connectivity index (χ4n) is 2.50. The molecule has 2 atom stereocenters. The molecule has 96 valence electrons. The predicted octanol–water partition coefficient (Wildman–Crippen LogP) is 2.76. The highest BCUT2D eigenvalue weighted by atomic mass is 16.5. The normalized spacial score (nSPS) is 21.8. The lowest BCUT2D eigenvalue weighted by Crippen LogP contribution is -2.31. The standard InChI is InChI=1S/C14H23NO2/c1-2-15-12(11-14-6-4-10-17-14)7-8-13-5-3-9-16-13/h4,6,10,12-13,15H,2-3,5,7-9,11H2,1H3. The summed E-state index contributed by atoms with van der Waals surface area (Å²) < 4.78 is 11.1. The maximum absolute atomic E-state index is 5.67. The molecular formula is C14H23NO2. The molecule has 0 saturated carbocycles. The van der Waals surface area contributed by atoms with Gasteiger partial charge in [-0.2, -0.15) is 0 Å². The molecule has 1 saturated heterocycles. The zero-order valence-corrected chi connectivity index (χ0v) is 10.7. The van der Waals surface area contributed by atoms with Crippen LogP contribution in [0.4, 0.5) is 0 Å². The third-order valence-corrected chi connectivity index (χ3v) is 3.38. The van der Waals surface area contributed by atoms with E-state index in [-0.39, 0.29) is 0 Å². The Morgan fingerprint density at radius 2 is 2.47 bits per heavy atom. The van der Waals surface area contributed by atoms with E-state index in [4.69, 9.17) is 9.15 Å². The van der Waals surface area contributed by atoms with Gasteiger partial charge in [0, 0.05) is 19.1 Å². The van der Waals surface area contributed by atoms with Crippen molar-refractivity contribution in [1.82, 2.24) is 5.32 Å². The summed E-state index contributed by atoms with van der Waals surface area (Å²) in [6, 6.07) is 4.52. The van der Waals surface area contributed by atoms with Crippen LogP contribution in [-0.4, -0.2) is 25.3 Å². The first kappa shape index (κ1) is 12.7. The maximum Gasteiger partial charge on any atom is 0.105 e. The van der Waals surface area contributed by atoms with E-state index in [0.717, 1.165) is 25.3 Å². The van der Waals surface area contributed by atoms with E-state index in [1.54, 1.807) is 6.26 Å². The third kappa shape index (κ3) is 4.17. The zero-order chi connectivity index (χ0) is 11.9. The second-order valence-corrected chi connectivity index (χ2v) is 4.75. The zero-order valence-electron chi connectivity index (χ0n) is 10.7. The van der Waals surface area contributed by atoms with Crippen LogP contribution in [0.1, 0.15) is 38.4 Å². The second-order valence-electron chi connectivity index (χ2n) is 4.75. The molecule has 1 aromatic heterocycles. The lowest BCUT2D eigenvalue weighted by molar-refractivity contribution is 0.0994. The summed E-state index contributed by atoms with van der Waals surface area (Å²) in [5.41, 5.74) is 0. The van der Waals surface area contributed by atoms with Crippen LogP contribution in [0.15, 0.2) is 22.8 Å². The lowest BCUT2D eigenvalue weighted by Gasteiger charge is -2.18. The first-order valence-electron chi connectivity index (χ1n) is 6.76. The van der Waals surface area contributed by atoms with Crippen LogP contribution in [0.5, 0.6) is 0 Å².